The molecule has 7 heteroatoms. The SMILES string of the molecule is CCNC(=NCC(C)(C)c1cccc(OC)c1)N(C)Cc1csc(C)n1.I. The number of aromatic nitrogens is 1. The van der Waals surface area contributed by atoms with Crippen LogP contribution in [0.25, 0.3) is 0 Å². The summed E-state index contributed by atoms with van der Waals surface area (Å²) < 4.78 is 5.36. The van der Waals surface area contributed by atoms with E-state index in [-0.39, 0.29) is 29.4 Å². The predicted molar refractivity (Wildman–Crippen MR) is 126 cm³/mol. The first-order valence-electron chi connectivity index (χ1n) is 8.90. The van der Waals surface area contributed by atoms with Crippen LogP contribution in [0, 0.1) is 6.92 Å². The Morgan fingerprint density at radius 3 is 2.70 bits per heavy atom. The van der Waals surface area contributed by atoms with Crippen LogP contribution in [0.1, 0.15) is 37.0 Å². The topological polar surface area (TPSA) is 49.8 Å². The van der Waals surface area contributed by atoms with Crippen molar-refractivity contribution in [3.63, 3.8) is 0 Å². The van der Waals surface area contributed by atoms with E-state index in [0.29, 0.717) is 6.54 Å². The lowest BCUT2D eigenvalue weighted by Gasteiger charge is -2.26. The van der Waals surface area contributed by atoms with Gasteiger partial charge in [-0.2, -0.15) is 0 Å². The third kappa shape index (κ3) is 6.95. The van der Waals surface area contributed by atoms with E-state index in [4.69, 9.17) is 9.73 Å². The van der Waals surface area contributed by atoms with Gasteiger partial charge in [-0.1, -0.05) is 26.0 Å². The number of hydrogen-bond donors (Lipinski definition) is 1. The van der Waals surface area contributed by atoms with Crippen molar-refractivity contribution in [2.24, 2.45) is 4.99 Å². The summed E-state index contributed by atoms with van der Waals surface area (Å²) in [4.78, 5) is 11.6. The van der Waals surface area contributed by atoms with E-state index in [0.717, 1.165) is 35.5 Å². The smallest absolute Gasteiger partial charge is 0.194 e. The van der Waals surface area contributed by atoms with E-state index < -0.39 is 0 Å². The Balaban J connectivity index is 0.00000364. The van der Waals surface area contributed by atoms with Gasteiger partial charge in [-0.05, 0) is 31.5 Å². The Bertz CT molecular complexity index is 745. The van der Waals surface area contributed by atoms with Crippen molar-refractivity contribution in [1.82, 2.24) is 15.2 Å². The first kappa shape index (κ1) is 23.7. The largest absolute Gasteiger partial charge is 0.497 e. The Morgan fingerprint density at radius 1 is 1.37 bits per heavy atom. The van der Waals surface area contributed by atoms with Crippen LogP contribution in [-0.2, 0) is 12.0 Å². The molecule has 0 fully saturated rings. The first-order valence-corrected chi connectivity index (χ1v) is 9.78. The second-order valence-corrected chi connectivity index (χ2v) is 8.06. The van der Waals surface area contributed by atoms with Gasteiger partial charge in [-0.15, -0.1) is 35.3 Å². The highest BCUT2D eigenvalue weighted by Gasteiger charge is 2.21. The molecule has 0 amide bonds. The summed E-state index contributed by atoms with van der Waals surface area (Å²) in [6, 6.07) is 8.22. The van der Waals surface area contributed by atoms with E-state index in [9.17, 15) is 0 Å². The van der Waals surface area contributed by atoms with E-state index in [1.165, 1.54) is 5.56 Å². The second-order valence-electron chi connectivity index (χ2n) is 7.00. The van der Waals surface area contributed by atoms with Crippen molar-refractivity contribution in [2.75, 3.05) is 27.2 Å². The molecule has 5 nitrogen and oxygen atoms in total. The minimum absolute atomic E-state index is 0. The molecule has 2 aromatic rings. The lowest BCUT2D eigenvalue weighted by atomic mass is 9.84. The summed E-state index contributed by atoms with van der Waals surface area (Å²) in [7, 11) is 3.75. The molecule has 0 atom stereocenters. The highest BCUT2D eigenvalue weighted by molar-refractivity contribution is 14.0. The van der Waals surface area contributed by atoms with Gasteiger partial charge >= 0.3 is 0 Å². The van der Waals surface area contributed by atoms with Gasteiger partial charge in [0.2, 0.25) is 0 Å². The number of nitrogens with one attached hydrogen (secondary N) is 1. The van der Waals surface area contributed by atoms with Crippen molar-refractivity contribution in [3.8, 4) is 5.75 Å². The number of ether oxygens (including phenoxy) is 1. The summed E-state index contributed by atoms with van der Waals surface area (Å²) in [5.74, 6) is 1.77. The van der Waals surface area contributed by atoms with Gasteiger partial charge in [-0.25, -0.2) is 4.98 Å². The molecule has 0 bridgehead atoms. The average Bonchev–Trinajstić information content (AvgIpc) is 3.03. The molecule has 0 aliphatic rings. The first-order chi connectivity index (χ1) is 12.4. The molecular formula is C20H31IN4OS. The highest BCUT2D eigenvalue weighted by Crippen LogP contribution is 2.26. The number of hydrogen-bond acceptors (Lipinski definition) is 4. The molecule has 1 aromatic carbocycles. The van der Waals surface area contributed by atoms with Crippen LogP contribution >= 0.6 is 35.3 Å². The van der Waals surface area contributed by atoms with Gasteiger partial charge in [-0.3, -0.25) is 4.99 Å². The van der Waals surface area contributed by atoms with Crippen molar-refractivity contribution in [1.29, 1.82) is 0 Å². The molecule has 0 aliphatic heterocycles. The molecule has 0 spiro atoms. The minimum Gasteiger partial charge on any atom is -0.497 e. The molecule has 1 N–H and O–H groups in total. The zero-order valence-corrected chi connectivity index (χ0v) is 20.2. The molecule has 1 heterocycles. The van der Waals surface area contributed by atoms with E-state index in [1.54, 1.807) is 18.4 Å². The number of thiazole rings is 1. The quantitative estimate of drug-likeness (QED) is 0.345. The van der Waals surface area contributed by atoms with Gasteiger partial charge in [0.25, 0.3) is 0 Å². The van der Waals surface area contributed by atoms with Crippen LogP contribution in [-0.4, -0.2) is 43.1 Å². The van der Waals surface area contributed by atoms with Crippen LogP contribution in [0.2, 0.25) is 0 Å². The van der Waals surface area contributed by atoms with Crippen LogP contribution in [0.3, 0.4) is 0 Å². The molecule has 0 aliphatic carbocycles. The van der Waals surface area contributed by atoms with Crippen molar-refractivity contribution in [2.45, 2.75) is 39.7 Å². The summed E-state index contributed by atoms with van der Waals surface area (Å²) in [6.07, 6.45) is 0. The zero-order valence-electron chi connectivity index (χ0n) is 17.1. The van der Waals surface area contributed by atoms with Crippen LogP contribution in [0.5, 0.6) is 5.75 Å². The second kappa shape index (κ2) is 10.8. The molecule has 150 valence electrons. The Kier molecular flexibility index (Phi) is 9.52. The van der Waals surface area contributed by atoms with E-state index in [1.807, 2.05) is 19.1 Å². The number of aliphatic imine (C=N–C) groups is 1. The fourth-order valence-electron chi connectivity index (χ4n) is 2.68. The maximum Gasteiger partial charge on any atom is 0.194 e. The van der Waals surface area contributed by atoms with Crippen LogP contribution < -0.4 is 10.1 Å². The van der Waals surface area contributed by atoms with Gasteiger partial charge in [0, 0.05) is 24.4 Å². The predicted octanol–water partition coefficient (Wildman–Crippen LogP) is 4.45. The van der Waals surface area contributed by atoms with Gasteiger partial charge in [0.1, 0.15) is 5.75 Å². The number of aryl methyl sites for hydroxylation is 1. The van der Waals surface area contributed by atoms with Crippen LogP contribution in [0.4, 0.5) is 0 Å². The molecule has 1 aromatic heterocycles. The van der Waals surface area contributed by atoms with Crippen LogP contribution in [0.15, 0.2) is 34.6 Å². The fraction of sp³-hybridized carbons (Fsp3) is 0.500. The summed E-state index contributed by atoms with van der Waals surface area (Å²) >= 11 is 1.68. The van der Waals surface area contributed by atoms with Crippen molar-refractivity contribution in [3.05, 3.63) is 45.9 Å². The average molecular weight is 502 g/mol. The standard InChI is InChI=1S/C20H30N4OS.HI/c1-7-21-19(24(5)12-17-13-26-15(2)23-17)22-14-20(3,4)16-9-8-10-18(11-16)25-6;/h8-11,13H,7,12,14H2,1-6H3,(H,21,22);1H. The lowest BCUT2D eigenvalue weighted by Crippen LogP contribution is -2.39. The Morgan fingerprint density at radius 2 is 2.11 bits per heavy atom. The van der Waals surface area contributed by atoms with Gasteiger partial charge < -0.3 is 15.0 Å². The number of halogens is 1. The third-order valence-electron chi connectivity index (χ3n) is 4.24. The number of methoxy groups -OCH3 is 1. The zero-order chi connectivity index (χ0) is 19.2. The lowest BCUT2D eigenvalue weighted by molar-refractivity contribution is 0.412. The minimum atomic E-state index is -0.0900. The van der Waals surface area contributed by atoms with E-state index >= 15 is 0 Å². The summed E-state index contributed by atoms with van der Waals surface area (Å²) in [6.45, 7) is 10.8. The number of benzene rings is 1. The molecular weight excluding hydrogens is 471 g/mol. The van der Waals surface area contributed by atoms with Gasteiger partial charge in [0.15, 0.2) is 5.96 Å². The number of guanidine groups is 1. The molecule has 0 saturated heterocycles. The molecule has 27 heavy (non-hydrogen) atoms. The summed E-state index contributed by atoms with van der Waals surface area (Å²) in [5, 5.41) is 6.58. The third-order valence-corrected chi connectivity index (χ3v) is 5.06. The molecule has 0 radical (unpaired) electrons. The Labute approximate surface area is 184 Å². The monoisotopic (exact) mass is 502 g/mol. The molecule has 2 rings (SSSR count). The normalized spacial score (nSPS) is 11.7. The van der Waals surface area contributed by atoms with E-state index in [2.05, 4.69) is 60.5 Å². The molecule has 0 unspecified atom stereocenters. The summed E-state index contributed by atoms with van der Waals surface area (Å²) in [5.41, 5.74) is 2.20. The number of nitrogens with zero attached hydrogens (tertiary/aromatic N) is 3. The Hall–Kier alpha value is -1.35. The highest BCUT2D eigenvalue weighted by atomic mass is 127. The van der Waals surface area contributed by atoms with Gasteiger partial charge in [0.05, 0.1) is 30.9 Å². The van der Waals surface area contributed by atoms with Crippen molar-refractivity contribution < 1.29 is 4.74 Å². The fourth-order valence-corrected chi connectivity index (χ4v) is 3.28. The van der Waals surface area contributed by atoms with Crippen molar-refractivity contribution >= 4 is 41.3 Å². The maximum atomic E-state index is 5.36. The molecule has 0 saturated carbocycles. The maximum absolute atomic E-state index is 5.36. The number of rotatable bonds is 7.